The number of rotatable bonds is 9. The van der Waals surface area contributed by atoms with Crippen LogP contribution in [0.2, 0.25) is 6.04 Å². The van der Waals surface area contributed by atoms with Crippen molar-refractivity contribution in [3.05, 3.63) is 0 Å². The van der Waals surface area contributed by atoms with E-state index in [0.29, 0.717) is 5.88 Å². The molecule has 0 aromatic heterocycles. The summed E-state index contributed by atoms with van der Waals surface area (Å²) in [6, 6.07) is 0.783. The first kappa shape index (κ1) is 17.4. The quantitative estimate of drug-likeness (QED) is 0.475. The Hall–Kier alpha value is 0.387. The lowest BCUT2D eigenvalue weighted by Crippen LogP contribution is -2.50. The lowest BCUT2D eigenvalue weighted by Gasteiger charge is -2.34. The number of alkyl halides is 1. The van der Waals surface area contributed by atoms with E-state index in [1.54, 1.807) is 0 Å². The molecule has 0 heterocycles. The molecule has 0 atom stereocenters. The van der Waals surface area contributed by atoms with E-state index < -0.39 is 8.80 Å². The Labute approximate surface area is 112 Å². The average Bonchev–Trinajstić information content (AvgIpc) is 2.11. The van der Waals surface area contributed by atoms with E-state index in [2.05, 4.69) is 0 Å². The minimum atomic E-state index is -2.59. The van der Waals surface area contributed by atoms with Gasteiger partial charge in [0.2, 0.25) is 0 Å². The fraction of sp³-hybridized carbons (Fsp3) is 1.00. The number of halogens is 1. The van der Waals surface area contributed by atoms with Gasteiger partial charge < -0.3 is 13.3 Å². The van der Waals surface area contributed by atoms with Crippen molar-refractivity contribution in [2.24, 2.45) is 0 Å². The summed E-state index contributed by atoms with van der Waals surface area (Å²) in [5.74, 6) is 0.610. The summed E-state index contributed by atoms with van der Waals surface area (Å²) in [5, 5.41) is 0. The van der Waals surface area contributed by atoms with Gasteiger partial charge in [-0.25, -0.2) is 0 Å². The fourth-order valence-corrected chi connectivity index (χ4v) is 5.26. The molecule has 3 nitrogen and oxygen atoms in total. The van der Waals surface area contributed by atoms with Crippen molar-refractivity contribution in [1.29, 1.82) is 0 Å². The summed E-state index contributed by atoms with van der Waals surface area (Å²) in [6.45, 7) is 12.1. The molecular weight excluding hydrogens is 256 g/mol. The van der Waals surface area contributed by atoms with Crippen molar-refractivity contribution < 1.29 is 13.3 Å². The molecule has 0 aliphatic rings. The van der Waals surface area contributed by atoms with Crippen molar-refractivity contribution in [3.63, 3.8) is 0 Å². The van der Waals surface area contributed by atoms with Crippen LogP contribution < -0.4 is 0 Å². The van der Waals surface area contributed by atoms with E-state index in [-0.39, 0.29) is 18.3 Å². The van der Waals surface area contributed by atoms with Gasteiger partial charge in [0, 0.05) is 30.2 Å². The lowest BCUT2D eigenvalue weighted by molar-refractivity contribution is 0.00317. The van der Waals surface area contributed by atoms with E-state index in [1.807, 2.05) is 41.5 Å². The molecule has 17 heavy (non-hydrogen) atoms. The van der Waals surface area contributed by atoms with E-state index in [0.717, 1.165) is 12.5 Å². The Morgan fingerprint density at radius 1 is 0.824 bits per heavy atom. The molecule has 0 unspecified atom stereocenters. The van der Waals surface area contributed by atoms with Gasteiger partial charge in [-0.15, -0.1) is 11.6 Å². The summed E-state index contributed by atoms with van der Waals surface area (Å²) < 4.78 is 18.0. The molecule has 0 saturated heterocycles. The minimum absolute atomic E-state index is 0.106. The first-order valence-corrected chi connectivity index (χ1v) is 8.87. The molecule has 0 radical (unpaired) electrons. The van der Waals surface area contributed by atoms with Crippen LogP contribution in [0, 0.1) is 0 Å². The summed E-state index contributed by atoms with van der Waals surface area (Å²) >= 11 is 5.77. The Kier molecular flexibility index (Phi) is 8.68. The molecule has 0 N–H and O–H groups in total. The number of hydrogen-bond acceptors (Lipinski definition) is 3. The van der Waals surface area contributed by atoms with Crippen LogP contribution in [-0.4, -0.2) is 33.0 Å². The van der Waals surface area contributed by atoms with Gasteiger partial charge in [0.15, 0.2) is 0 Å². The standard InChI is InChI=1S/C12H27ClO3Si/c1-10(2)14-17(9-7-8-13,15-11(3)4)16-12(5)6/h10-12H,7-9H2,1-6H3. The molecule has 0 fully saturated rings. The zero-order valence-electron chi connectivity index (χ0n) is 12.0. The molecule has 0 aromatic carbocycles. The first-order valence-electron chi connectivity index (χ1n) is 6.40. The van der Waals surface area contributed by atoms with Crippen LogP contribution in [0.3, 0.4) is 0 Å². The highest BCUT2D eigenvalue weighted by Gasteiger charge is 2.43. The molecule has 0 aromatic rings. The maximum atomic E-state index is 6.00. The van der Waals surface area contributed by atoms with Crippen LogP contribution in [0.4, 0.5) is 0 Å². The first-order chi connectivity index (χ1) is 7.81. The predicted molar refractivity (Wildman–Crippen MR) is 74.6 cm³/mol. The molecule has 0 spiro atoms. The van der Waals surface area contributed by atoms with E-state index in [9.17, 15) is 0 Å². The largest absolute Gasteiger partial charge is 0.501 e. The Bertz CT molecular complexity index is 172. The Morgan fingerprint density at radius 3 is 1.41 bits per heavy atom. The van der Waals surface area contributed by atoms with E-state index in [4.69, 9.17) is 24.9 Å². The van der Waals surface area contributed by atoms with E-state index >= 15 is 0 Å². The zero-order valence-corrected chi connectivity index (χ0v) is 13.7. The predicted octanol–water partition coefficient (Wildman–Crippen LogP) is 3.83. The number of hydrogen-bond donors (Lipinski definition) is 0. The van der Waals surface area contributed by atoms with Gasteiger partial charge in [0.05, 0.1) is 0 Å². The molecule has 104 valence electrons. The van der Waals surface area contributed by atoms with Crippen LogP contribution in [0.5, 0.6) is 0 Å². The molecule has 5 heteroatoms. The molecule has 0 aliphatic carbocycles. The van der Waals surface area contributed by atoms with Gasteiger partial charge >= 0.3 is 8.80 Å². The third kappa shape index (κ3) is 8.16. The topological polar surface area (TPSA) is 27.7 Å². The highest BCUT2D eigenvalue weighted by molar-refractivity contribution is 6.60. The van der Waals surface area contributed by atoms with Gasteiger partial charge in [-0.1, -0.05) is 0 Å². The fourth-order valence-electron chi connectivity index (χ4n) is 1.62. The molecule has 0 rings (SSSR count). The normalized spacial score (nSPS) is 13.1. The van der Waals surface area contributed by atoms with Crippen LogP contribution >= 0.6 is 11.6 Å². The summed E-state index contributed by atoms with van der Waals surface area (Å²) in [5.41, 5.74) is 0. The van der Waals surface area contributed by atoms with Gasteiger partial charge in [0.1, 0.15) is 0 Å². The Morgan fingerprint density at radius 2 is 1.18 bits per heavy atom. The molecule has 0 saturated carbocycles. The van der Waals surface area contributed by atoms with Crippen LogP contribution in [0.15, 0.2) is 0 Å². The van der Waals surface area contributed by atoms with E-state index in [1.165, 1.54) is 0 Å². The Balaban J connectivity index is 4.76. The van der Waals surface area contributed by atoms with Crippen LogP contribution in [0.1, 0.15) is 48.0 Å². The van der Waals surface area contributed by atoms with Crippen molar-refractivity contribution in [2.45, 2.75) is 72.3 Å². The monoisotopic (exact) mass is 282 g/mol. The van der Waals surface area contributed by atoms with Gasteiger partial charge in [0.25, 0.3) is 0 Å². The second-order valence-corrected chi connectivity index (χ2v) is 7.93. The smallest absolute Gasteiger partial charge is 0.371 e. The average molecular weight is 283 g/mol. The maximum Gasteiger partial charge on any atom is 0.501 e. The maximum absolute atomic E-state index is 6.00. The molecule has 0 bridgehead atoms. The van der Waals surface area contributed by atoms with Gasteiger partial charge in [-0.2, -0.15) is 0 Å². The summed E-state index contributed by atoms with van der Waals surface area (Å²) in [4.78, 5) is 0. The molecule has 0 aliphatic heterocycles. The third-order valence-corrected chi connectivity index (χ3v) is 5.59. The minimum Gasteiger partial charge on any atom is -0.371 e. The van der Waals surface area contributed by atoms with Crippen molar-refractivity contribution in [1.82, 2.24) is 0 Å². The van der Waals surface area contributed by atoms with Crippen LogP contribution in [0.25, 0.3) is 0 Å². The second kappa shape index (κ2) is 8.48. The van der Waals surface area contributed by atoms with Crippen LogP contribution in [-0.2, 0) is 13.3 Å². The highest BCUT2D eigenvalue weighted by Crippen LogP contribution is 2.23. The lowest BCUT2D eigenvalue weighted by atomic mass is 10.5. The highest BCUT2D eigenvalue weighted by atomic mass is 35.5. The second-order valence-electron chi connectivity index (χ2n) is 4.98. The van der Waals surface area contributed by atoms with Crippen molar-refractivity contribution in [3.8, 4) is 0 Å². The SMILES string of the molecule is CC(C)O[Si](CCCCl)(OC(C)C)OC(C)C. The van der Waals surface area contributed by atoms with Gasteiger partial charge in [-0.3, -0.25) is 0 Å². The van der Waals surface area contributed by atoms with Crippen molar-refractivity contribution in [2.75, 3.05) is 5.88 Å². The molecular formula is C12H27ClO3Si. The summed E-state index contributed by atoms with van der Waals surface area (Å²) in [7, 11) is -2.59. The van der Waals surface area contributed by atoms with Crippen molar-refractivity contribution >= 4 is 20.4 Å². The molecule has 0 amide bonds. The van der Waals surface area contributed by atoms with Gasteiger partial charge in [-0.05, 0) is 48.0 Å². The third-order valence-electron chi connectivity index (χ3n) is 1.86. The summed E-state index contributed by atoms with van der Waals surface area (Å²) in [6.07, 6.45) is 1.18. The zero-order chi connectivity index (χ0) is 13.5.